The van der Waals surface area contributed by atoms with E-state index in [1.165, 1.54) is 24.9 Å². The van der Waals surface area contributed by atoms with Gasteiger partial charge in [-0.1, -0.05) is 45.0 Å². The minimum atomic E-state index is 0.273. The minimum Gasteiger partial charge on any atom is -0.314 e. The Labute approximate surface area is 105 Å². The molecule has 1 N–H and O–H groups in total. The lowest BCUT2D eigenvalue weighted by atomic mass is 9.83. The maximum absolute atomic E-state index is 3.59. The highest BCUT2D eigenvalue weighted by Gasteiger charge is 2.45. The van der Waals surface area contributed by atoms with Crippen molar-refractivity contribution in [3.8, 4) is 0 Å². The first-order chi connectivity index (χ1) is 8.05. The van der Waals surface area contributed by atoms with Crippen molar-refractivity contribution in [2.75, 3.05) is 6.54 Å². The zero-order valence-electron chi connectivity index (χ0n) is 11.2. The molecule has 3 rings (SSSR count). The molecule has 3 atom stereocenters. The monoisotopic (exact) mass is 229 g/mol. The Bertz CT molecular complexity index is 399. The number of fused-ring (bicyclic) bond motifs is 1. The van der Waals surface area contributed by atoms with E-state index in [0.29, 0.717) is 0 Å². The summed E-state index contributed by atoms with van der Waals surface area (Å²) in [5, 5.41) is 3.59. The number of piperidine rings is 1. The van der Waals surface area contributed by atoms with Crippen molar-refractivity contribution < 1.29 is 0 Å². The first-order valence-electron chi connectivity index (χ1n) is 6.89. The molecule has 0 radical (unpaired) electrons. The molecule has 0 spiro atoms. The summed E-state index contributed by atoms with van der Waals surface area (Å²) >= 11 is 0. The van der Waals surface area contributed by atoms with E-state index < -0.39 is 0 Å². The van der Waals surface area contributed by atoms with Crippen LogP contribution in [0.4, 0.5) is 0 Å². The zero-order chi connectivity index (χ0) is 12.0. The van der Waals surface area contributed by atoms with E-state index >= 15 is 0 Å². The predicted molar refractivity (Wildman–Crippen MR) is 72.4 cm³/mol. The summed E-state index contributed by atoms with van der Waals surface area (Å²) in [4.78, 5) is 0. The van der Waals surface area contributed by atoms with Gasteiger partial charge in [0.1, 0.15) is 0 Å². The van der Waals surface area contributed by atoms with Gasteiger partial charge in [0.15, 0.2) is 0 Å². The molecule has 17 heavy (non-hydrogen) atoms. The average Bonchev–Trinajstić information content (AvgIpc) is 3.06. The molecule has 1 heterocycles. The smallest absolute Gasteiger partial charge is 0.0105 e. The second-order valence-electron chi connectivity index (χ2n) is 6.73. The molecule has 92 valence electrons. The topological polar surface area (TPSA) is 12.0 Å². The molecule has 1 aliphatic heterocycles. The van der Waals surface area contributed by atoms with Crippen molar-refractivity contribution in [2.24, 2.45) is 5.92 Å². The molecule has 0 amide bonds. The Morgan fingerprint density at radius 1 is 1.12 bits per heavy atom. The molecule has 1 aliphatic carbocycles. The Morgan fingerprint density at radius 2 is 1.82 bits per heavy atom. The molecule has 0 bridgehead atoms. The first-order valence-corrected chi connectivity index (χ1v) is 6.89. The van der Waals surface area contributed by atoms with E-state index in [-0.39, 0.29) is 5.41 Å². The van der Waals surface area contributed by atoms with Gasteiger partial charge in [-0.15, -0.1) is 0 Å². The van der Waals surface area contributed by atoms with Crippen LogP contribution in [0, 0.1) is 5.92 Å². The highest BCUT2D eigenvalue weighted by atomic mass is 15.0. The summed E-state index contributed by atoms with van der Waals surface area (Å²) in [6.07, 6.45) is 2.71. The highest BCUT2D eigenvalue weighted by molar-refractivity contribution is 5.31. The van der Waals surface area contributed by atoms with Gasteiger partial charge >= 0.3 is 0 Å². The summed E-state index contributed by atoms with van der Waals surface area (Å²) in [7, 11) is 0. The number of nitrogens with one attached hydrogen (secondary N) is 1. The molecular weight excluding hydrogens is 206 g/mol. The van der Waals surface area contributed by atoms with E-state index in [0.717, 1.165) is 17.9 Å². The third kappa shape index (κ3) is 2.13. The van der Waals surface area contributed by atoms with Crippen molar-refractivity contribution in [2.45, 2.75) is 51.0 Å². The quantitative estimate of drug-likeness (QED) is 0.777. The van der Waals surface area contributed by atoms with Crippen LogP contribution in [-0.2, 0) is 5.41 Å². The molecule has 1 aromatic rings. The minimum absolute atomic E-state index is 0.273. The van der Waals surface area contributed by atoms with E-state index in [1.54, 1.807) is 5.56 Å². The third-order valence-electron chi connectivity index (χ3n) is 4.42. The Kier molecular flexibility index (Phi) is 2.55. The fourth-order valence-electron chi connectivity index (χ4n) is 3.18. The van der Waals surface area contributed by atoms with Gasteiger partial charge in [-0.05, 0) is 47.8 Å². The number of hydrogen-bond acceptors (Lipinski definition) is 1. The van der Waals surface area contributed by atoms with Crippen LogP contribution in [0.3, 0.4) is 0 Å². The molecule has 2 aliphatic rings. The van der Waals surface area contributed by atoms with Gasteiger partial charge < -0.3 is 5.32 Å². The lowest BCUT2D eigenvalue weighted by Gasteiger charge is -2.24. The molecule has 0 aromatic heterocycles. The maximum atomic E-state index is 3.59. The predicted octanol–water partition coefficient (Wildman–Crippen LogP) is 3.45. The summed E-state index contributed by atoms with van der Waals surface area (Å²) < 4.78 is 0. The lowest BCUT2D eigenvalue weighted by molar-refractivity contribution is 0.443. The van der Waals surface area contributed by atoms with Gasteiger partial charge in [-0.25, -0.2) is 0 Å². The van der Waals surface area contributed by atoms with Gasteiger partial charge in [-0.2, -0.15) is 0 Å². The van der Waals surface area contributed by atoms with Crippen LogP contribution in [0.1, 0.15) is 50.7 Å². The lowest BCUT2D eigenvalue weighted by Crippen LogP contribution is -2.28. The molecule has 1 aromatic carbocycles. The summed E-state index contributed by atoms with van der Waals surface area (Å²) in [5.74, 6) is 1.74. The number of benzene rings is 1. The van der Waals surface area contributed by atoms with Crippen LogP contribution in [0.5, 0.6) is 0 Å². The van der Waals surface area contributed by atoms with Gasteiger partial charge in [0.05, 0.1) is 0 Å². The summed E-state index contributed by atoms with van der Waals surface area (Å²) in [6.45, 7) is 8.04. The van der Waals surface area contributed by atoms with E-state index in [1.807, 2.05) is 0 Å². The van der Waals surface area contributed by atoms with Crippen LogP contribution < -0.4 is 5.32 Å². The van der Waals surface area contributed by atoms with Gasteiger partial charge in [-0.3, -0.25) is 0 Å². The van der Waals surface area contributed by atoms with Gasteiger partial charge in [0.2, 0.25) is 0 Å². The van der Waals surface area contributed by atoms with E-state index in [9.17, 15) is 0 Å². The fraction of sp³-hybridized carbons (Fsp3) is 0.625. The van der Waals surface area contributed by atoms with Crippen molar-refractivity contribution in [3.63, 3.8) is 0 Å². The second kappa shape index (κ2) is 3.84. The van der Waals surface area contributed by atoms with Gasteiger partial charge in [0, 0.05) is 6.04 Å². The van der Waals surface area contributed by atoms with E-state index in [4.69, 9.17) is 0 Å². The summed E-state index contributed by atoms with van der Waals surface area (Å²) in [5.41, 5.74) is 3.28. The van der Waals surface area contributed by atoms with Crippen molar-refractivity contribution >= 4 is 0 Å². The van der Waals surface area contributed by atoms with Crippen LogP contribution >= 0.6 is 0 Å². The SMILES string of the molecule is CC(C)(C)c1ccc([C@@H]2CCN[C@@H]3C[C@@H]32)cc1. The van der Waals surface area contributed by atoms with Crippen LogP contribution in [0.25, 0.3) is 0 Å². The molecule has 1 nitrogen and oxygen atoms in total. The highest BCUT2D eigenvalue weighted by Crippen LogP contribution is 2.47. The Morgan fingerprint density at radius 3 is 2.47 bits per heavy atom. The Hall–Kier alpha value is -0.820. The number of hydrogen-bond donors (Lipinski definition) is 1. The van der Waals surface area contributed by atoms with Crippen molar-refractivity contribution in [1.29, 1.82) is 0 Å². The molecule has 2 fully saturated rings. The maximum Gasteiger partial charge on any atom is 0.0105 e. The normalized spacial score (nSPS) is 32.1. The molecule has 1 saturated carbocycles. The van der Waals surface area contributed by atoms with Crippen LogP contribution in [-0.4, -0.2) is 12.6 Å². The van der Waals surface area contributed by atoms with Crippen molar-refractivity contribution in [1.82, 2.24) is 5.32 Å². The second-order valence-corrected chi connectivity index (χ2v) is 6.73. The zero-order valence-corrected chi connectivity index (χ0v) is 11.2. The summed E-state index contributed by atoms with van der Waals surface area (Å²) in [6, 6.07) is 10.2. The first kappa shape index (κ1) is 11.3. The molecule has 1 heteroatoms. The molecule has 0 unspecified atom stereocenters. The van der Waals surface area contributed by atoms with Crippen molar-refractivity contribution in [3.05, 3.63) is 35.4 Å². The molecular formula is C16H23N. The van der Waals surface area contributed by atoms with Gasteiger partial charge in [0.25, 0.3) is 0 Å². The standard InChI is InChI=1S/C16H23N/c1-16(2,3)12-6-4-11(5-7-12)13-8-9-17-15-10-14(13)15/h4-7,13-15,17H,8-10H2,1-3H3/t13-,14+,15+/m0/s1. The third-order valence-corrected chi connectivity index (χ3v) is 4.42. The van der Waals surface area contributed by atoms with E-state index in [2.05, 4.69) is 50.4 Å². The largest absolute Gasteiger partial charge is 0.314 e. The van der Waals surface area contributed by atoms with Crippen LogP contribution in [0.15, 0.2) is 24.3 Å². The van der Waals surface area contributed by atoms with Crippen LogP contribution in [0.2, 0.25) is 0 Å². The molecule has 1 saturated heterocycles. The number of rotatable bonds is 1. The Balaban J connectivity index is 1.80. The fourth-order valence-corrected chi connectivity index (χ4v) is 3.18. The average molecular weight is 229 g/mol.